The van der Waals surface area contributed by atoms with Crippen molar-refractivity contribution < 1.29 is 9.47 Å². The number of aliphatic imine (C=N–C) groups is 1. The minimum absolute atomic E-state index is 0. The van der Waals surface area contributed by atoms with Crippen molar-refractivity contribution in [3.05, 3.63) is 70.2 Å². The molecular formula is C22H31ClIN3O2. The van der Waals surface area contributed by atoms with Crippen molar-refractivity contribution in [2.75, 3.05) is 26.4 Å². The molecule has 0 saturated heterocycles. The van der Waals surface area contributed by atoms with Gasteiger partial charge in [0.2, 0.25) is 0 Å². The molecule has 7 heteroatoms. The molecule has 0 atom stereocenters. The molecular weight excluding hydrogens is 501 g/mol. The Morgan fingerprint density at radius 3 is 2.48 bits per heavy atom. The Balaban J connectivity index is 0.00000420. The summed E-state index contributed by atoms with van der Waals surface area (Å²) in [5.41, 5.74) is 3.32. The second kappa shape index (κ2) is 15.5. The molecule has 2 aromatic rings. The fourth-order valence-electron chi connectivity index (χ4n) is 2.60. The smallest absolute Gasteiger partial charge is 0.191 e. The van der Waals surface area contributed by atoms with E-state index in [-0.39, 0.29) is 24.0 Å². The number of guanidine groups is 1. The molecule has 0 aliphatic rings. The van der Waals surface area contributed by atoms with Gasteiger partial charge in [-0.2, -0.15) is 0 Å². The van der Waals surface area contributed by atoms with Gasteiger partial charge in [-0.1, -0.05) is 54.1 Å². The molecule has 0 fully saturated rings. The largest absolute Gasteiger partial charge is 0.379 e. The maximum absolute atomic E-state index is 6.22. The summed E-state index contributed by atoms with van der Waals surface area (Å²) >= 11 is 6.22. The minimum atomic E-state index is 0. The van der Waals surface area contributed by atoms with Gasteiger partial charge in [-0.3, -0.25) is 0 Å². The van der Waals surface area contributed by atoms with Gasteiger partial charge in [-0.15, -0.1) is 24.0 Å². The Bertz CT molecular complexity index is 744. The second-order valence-corrected chi connectivity index (χ2v) is 6.62. The normalized spacial score (nSPS) is 11.1. The van der Waals surface area contributed by atoms with E-state index >= 15 is 0 Å². The van der Waals surface area contributed by atoms with Crippen LogP contribution in [0.15, 0.2) is 53.5 Å². The Morgan fingerprint density at radius 2 is 1.72 bits per heavy atom. The molecule has 160 valence electrons. The van der Waals surface area contributed by atoms with Gasteiger partial charge in [0.25, 0.3) is 0 Å². The Labute approximate surface area is 196 Å². The van der Waals surface area contributed by atoms with E-state index in [1.165, 1.54) is 0 Å². The van der Waals surface area contributed by atoms with Gasteiger partial charge in [0.1, 0.15) is 0 Å². The summed E-state index contributed by atoms with van der Waals surface area (Å²) in [7, 11) is 0. The van der Waals surface area contributed by atoms with E-state index in [2.05, 4.69) is 33.8 Å². The first-order valence-electron chi connectivity index (χ1n) is 9.71. The van der Waals surface area contributed by atoms with Crippen LogP contribution in [0.5, 0.6) is 0 Å². The van der Waals surface area contributed by atoms with E-state index in [1.54, 1.807) is 0 Å². The first kappa shape index (κ1) is 25.7. The van der Waals surface area contributed by atoms with Crippen LogP contribution in [0.1, 0.15) is 30.5 Å². The summed E-state index contributed by atoms with van der Waals surface area (Å²) in [6.07, 6.45) is 0. The highest BCUT2D eigenvalue weighted by molar-refractivity contribution is 14.0. The van der Waals surface area contributed by atoms with Gasteiger partial charge in [-0.25, -0.2) is 4.99 Å². The molecule has 5 nitrogen and oxygen atoms in total. The van der Waals surface area contributed by atoms with Gasteiger partial charge in [0, 0.05) is 24.7 Å². The van der Waals surface area contributed by atoms with Crippen molar-refractivity contribution in [3.8, 4) is 0 Å². The average molecular weight is 532 g/mol. The Morgan fingerprint density at radius 1 is 0.966 bits per heavy atom. The number of hydrogen-bond acceptors (Lipinski definition) is 3. The molecule has 0 heterocycles. The average Bonchev–Trinajstić information content (AvgIpc) is 2.71. The van der Waals surface area contributed by atoms with Crippen molar-refractivity contribution >= 4 is 41.5 Å². The number of nitrogens with one attached hydrogen (secondary N) is 2. The zero-order chi connectivity index (χ0) is 20.0. The topological polar surface area (TPSA) is 54.9 Å². The lowest BCUT2D eigenvalue weighted by Crippen LogP contribution is -2.36. The molecule has 2 N–H and O–H groups in total. The van der Waals surface area contributed by atoms with Crippen LogP contribution in [-0.2, 0) is 29.2 Å². The highest BCUT2D eigenvalue weighted by atomic mass is 127. The lowest BCUT2D eigenvalue weighted by Gasteiger charge is -2.12. The van der Waals surface area contributed by atoms with Gasteiger partial charge in [0.15, 0.2) is 5.96 Å². The van der Waals surface area contributed by atoms with Crippen LogP contribution in [-0.4, -0.2) is 32.3 Å². The molecule has 2 rings (SSSR count). The highest BCUT2D eigenvalue weighted by Gasteiger charge is 2.02. The molecule has 0 aliphatic carbocycles. The number of hydrogen-bond donors (Lipinski definition) is 2. The summed E-state index contributed by atoms with van der Waals surface area (Å²) in [5.74, 6) is 0.765. The first-order valence-corrected chi connectivity index (χ1v) is 10.1. The third-order valence-electron chi connectivity index (χ3n) is 4.00. The number of nitrogens with zero attached hydrogens (tertiary/aromatic N) is 1. The summed E-state index contributed by atoms with van der Waals surface area (Å²) in [4.78, 5) is 4.68. The zero-order valence-electron chi connectivity index (χ0n) is 17.1. The van der Waals surface area contributed by atoms with Crippen LogP contribution >= 0.6 is 35.6 Å². The molecule has 0 saturated carbocycles. The van der Waals surface area contributed by atoms with Gasteiger partial charge < -0.3 is 20.1 Å². The lowest BCUT2D eigenvalue weighted by molar-refractivity contribution is 0.0453. The Hall–Kier alpha value is -1.35. The zero-order valence-corrected chi connectivity index (χ0v) is 20.2. The van der Waals surface area contributed by atoms with Crippen molar-refractivity contribution in [1.82, 2.24) is 10.6 Å². The standard InChI is InChI=1S/C22H30ClN3O2.HI/c1-3-24-22(26-16-20-10-5-6-11-21(20)23)25-15-18-8-7-9-19(14-18)17-28-13-12-27-4-2;/h5-11,14H,3-4,12-13,15-17H2,1-2H3,(H2,24,25,26);1H. The fraction of sp³-hybridized carbons (Fsp3) is 0.409. The van der Waals surface area contributed by atoms with Crippen molar-refractivity contribution in [1.29, 1.82) is 0 Å². The summed E-state index contributed by atoms with van der Waals surface area (Å²) in [6, 6.07) is 16.1. The SMILES string of the molecule is CCNC(=NCc1cccc(COCCOCC)c1)NCc1ccccc1Cl.I. The Kier molecular flexibility index (Phi) is 13.7. The van der Waals surface area contributed by atoms with Crippen LogP contribution in [0.25, 0.3) is 0 Å². The summed E-state index contributed by atoms with van der Waals surface area (Å²) in [6.45, 7) is 8.56. The lowest BCUT2D eigenvalue weighted by atomic mass is 10.1. The van der Waals surface area contributed by atoms with E-state index in [9.17, 15) is 0 Å². The number of rotatable bonds is 11. The van der Waals surface area contributed by atoms with E-state index in [1.807, 2.05) is 44.2 Å². The van der Waals surface area contributed by atoms with Crippen LogP contribution in [0.4, 0.5) is 0 Å². The maximum Gasteiger partial charge on any atom is 0.191 e. The van der Waals surface area contributed by atoms with Crippen LogP contribution in [0.3, 0.4) is 0 Å². The molecule has 0 aliphatic heterocycles. The van der Waals surface area contributed by atoms with Gasteiger partial charge in [-0.05, 0) is 36.6 Å². The minimum Gasteiger partial charge on any atom is -0.379 e. The van der Waals surface area contributed by atoms with E-state index in [0.717, 1.165) is 40.8 Å². The highest BCUT2D eigenvalue weighted by Crippen LogP contribution is 2.14. The summed E-state index contributed by atoms with van der Waals surface area (Å²) in [5, 5.41) is 7.35. The molecule has 29 heavy (non-hydrogen) atoms. The fourth-order valence-corrected chi connectivity index (χ4v) is 2.81. The van der Waals surface area contributed by atoms with Crippen LogP contribution < -0.4 is 10.6 Å². The monoisotopic (exact) mass is 531 g/mol. The number of ether oxygens (including phenoxy) is 2. The second-order valence-electron chi connectivity index (χ2n) is 6.21. The third-order valence-corrected chi connectivity index (χ3v) is 4.37. The van der Waals surface area contributed by atoms with Gasteiger partial charge in [0.05, 0.1) is 26.4 Å². The molecule has 0 radical (unpaired) electrons. The van der Waals surface area contributed by atoms with E-state index < -0.39 is 0 Å². The summed E-state index contributed by atoms with van der Waals surface area (Å²) < 4.78 is 10.9. The van der Waals surface area contributed by atoms with Crippen molar-refractivity contribution in [2.45, 2.75) is 33.5 Å². The predicted molar refractivity (Wildman–Crippen MR) is 131 cm³/mol. The first-order chi connectivity index (χ1) is 13.7. The maximum atomic E-state index is 6.22. The predicted octanol–water partition coefficient (Wildman–Crippen LogP) is 4.77. The number of benzene rings is 2. The van der Waals surface area contributed by atoms with Crippen LogP contribution in [0.2, 0.25) is 5.02 Å². The quantitative estimate of drug-likeness (QED) is 0.190. The third kappa shape index (κ3) is 10.3. The van der Waals surface area contributed by atoms with Gasteiger partial charge >= 0.3 is 0 Å². The molecule has 2 aromatic carbocycles. The number of halogens is 2. The molecule has 0 amide bonds. The van der Waals surface area contributed by atoms with E-state index in [4.69, 9.17) is 21.1 Å². The molecule has 0 bridgehead atoms. The molecule has 0 unspecified atom stereocenters. The van der Waals surface area contributed by atoms with Crippen molar-refractivity contribution in [2.24, 2.45) is 4.99 Å². The molecule has 0 aromatic heterocycles. The van der Waals surface area contributed by atoms with Crippen LogP contribution in [0, 0.1) is 0 Å². The van der Waals surface area contributed by atoms with E-state index in [0.29, 0.717) is 32.9 Å². The van der Waals surface area contributed by atoms with Crippen molar-refractivity contribution in [3.63, 3.8) is 0 Å². The molecule has 0 spiro atoms.